The number of benzene rings is 2. The summed E-state index contributed by atoms with van der Waals surface area (Å²) >= 11 is 0. The maximum atomic E-state index is 15.0. The van der Waals surface area contributed by atoms with E-state index in [-0.39, 0.29) is 30.2 Å². The second kappa shape index (κ2) is 13.3. The summed E-state index contributed by atoms with van der Waals surface area (Å²) in [6, 6.07) is 8.68. The summed E-state index contributed by atoms with van der Waals surface area (Å²) in [7, 11) is 2.99. The van der Waals surface area contributed by atoms with E-state index >= 15 is 4.39 Å². The number of methoxy groups -OCH3 is 2. The maximum absolute atomic E-state index is 15.0. The largest absolute Gasteiger partial charge is 0.493 e. The van der Waals surface area contributed by atoms with Crippen LogP contribution in [0.2, 0.25) is 0 Å². The molecule has 5 N–H and O–H groups in total. The highest BCUT2D eigenvalue weighted by atomic mass is 19.1. The molecule has 0 aliphatic rings. The average molecular weight is 556 g/mol. The van der Waals surface area contributed by atoms with Crippen LogP contribution in [0.1, 0.15) is 13.8 Å². The number of anilines is 1. The number of hydrogen-bond acceptors (Lipinski definition) is 10. The number of halogens is 1. The van der Waals surface area contributed by atoms with E-state index in [1.54, 1.807) is 25.1 Å². The summed E-state index contributed by atoms with van der Waals surface area (Å²) in [4.78, 5) is 44.6. The molecule has 1 unspecified atom stereocenters. The number of nitrogens with two attached hydrogens (primary N) is 2. The first kappa shape index (κ1) is 29.8. The summed E-state index contributed by atoms with van der Waals surface area (Å²) in [6.07, 6.45) is 0.872. The van der Waals surface area contributed by atoms with Crippen molar-refractivity contribution in [2.75, 3.05) is 32.6 Å². The Balaban J connectivity index is 1.77. The third-order valence-electron chi connectivity index (χ3n) is 5.69. The first-order valence-electron chi connectivity index (χ1n) is 12.1. The molecule has 0 spiro atoms. The molecule has 1 heterocycles. The molecule has 2 atom stereocenters. The molecule has 3 rings (SSSR count). The van der Waals surface area contributed by atoms with Crippen molar-refractivity contribution >= 4 is 40.1 Å². The quantitative estimate of drug-likeness (QED) is 0.172. The Morgan fingerprint density at radius 1 is 1.05 bits per heavy atom. The van der Waals surface area contributed by atoms with Gasteiger partial charge in [0, 0.05) is 35.1 Å². The Labute approximate surface area is 229 Å². The van der Waals surface area contributed by atoms with Gasteiger partial charge < -0.3 is 35.7 Å². The Kier molecular flexibility index (Phi) is 9.92. The van der Waals surface area contributed by atoms with Gasteiger partial charge in [0.25, 0.3) is 0 Å². The Bertz CT molecular complexity index is 1450. The van der Waals surface area contributed by atoms with Crippen LogP contribution in [0.4, 0.5) is 10.1 Å². The van der Waals surface area contributed by atoms with Crippen molar-refractivity contribution in [1.82, 2.24) is 4.98 Å². The SMILES string of the molecule is COc1cc2nccc(Oc3ccc(NC(=O)C(C(N)=O)C(C)=NC[C@@H](C)OC(=O)CN)cc3F)c2cc1OC. The molecule has 0 aliphatic heterocycles. The van der Waals surface area contributed by atoms with Crippen LogP contribution in [0.25, 0.3) is 10.9 Å². The van der Waals surface area contributed by atoms with Crippen LogP contribution in [0.15, 0.2) is 47.6 Å². The zero-order valence-corrected chi connectivity index (χ0v) is 22.4. The van der Waals surface area contributed by atoms with Crippen molar-refractivity contribution < 1.29 is 37.7 Å². The highest BCUT2D eigenvalue weighted by Crippen LogP contribution is 2.37. The van der Waals surface area contributed by atoms with E-state index < -0.39 is 35.6 Å². The van der Waals surface area contributed by atoms with Crippen LogP contribution < -0.4 is 31.0 Å². The standard InChI is InChI=1S/C27H30FN5O7/c1-14(39-24(34)12-29)13-32-15(2)25(26(30)35)27(36)33-16-5-6-21(18(28)9-16)40-20-7-8-31-19-11-23(38-4)22(37-3)10-17(19)20/h5-11,14,25H,12-13,29H2,1-4H3,(H2,30,35)(H,33,36)/t14-,25?/m1/s1. The van der Waals surface area contributed by atoms with Crippen LogP contribution in [-0.4, -0.2) is 61.9 Å². The van der Waals surface area contributed by atoms with Crippen LogP contribution in [0, 0.1) is 11.7 Å². The number of hydrogen-bond donors (Lipinski definition) is 3. The van der Waals surface area contributed by atoms with Crippen LogP contribution >= 0.6 is 0 Å². The van der Waals surface area contributed by atoms with Gasteiger partial charge in [-0.2, -0.15) is 0 Å². The molecule has 2 amide bonds. The number of nitrogens with zero attached hydrogens (tertiary/aromatic N) is 2. The predicted molar refractivity (Wildman–Crippen MR) is 145 cm³/mol. The zero-order chi connectivity index (χ0) is 29.4. The van der Waals surface area contributed by atoms with Crippen LogP contribution in [-0.2, 0) is 19.1 Å². The van der Waals surface area contributed by atoms with Crippen molar-refractivity contribution in [1.29, 1.82) is 0 Å². The molecule has 12 nitrogen and oxygen atoms in total. The summed E-state index contributed by atoms with van der Waals surface area (Å²) in [5.74, 6) is -3.48. The first-order chi connectivity index (χ1) is 19.1. The first-order valence-corrected chi connectivity index (χ1v) is 12.1. The minimum absolute atomic E-state index is 0.0162. The predicted octanol–water partition coefficient (Wildman–Crippen LogP) is 2.57. The zero-order valence-electron chi connectivity index (χ0n) is 22.4. The van der Waals surface area contributed by atoms with Gasteiger partial charge in [-0.15, -0.1) is 0 Å². The molecule has 13 heteroatoms. The van der Waals surface area contributed by atoms with Gasteiger partial charge in [0.1, 0.15) is 11.9 Å². The lowest BCUT2D eigenvalue weighted by Crippen LogP contribution is -2.39. The Morgan fingerprint density at radius 2 is 1.75 bits per heavy atom. The molecule has 212 valence electrons. The fraction of sp³-hybridized carbons (Fsp3) is 0.296. The van der Waals surface area contributed by atoms with Crippen LogP contribution in [0.3, 0.4) is 0 Å². The van der Waals surface area contributed by atoms with Crippen molar-refractivity contribution in [2.24, 2.45) is 22.4 Å². The molecular weight excluding hydrogens is 525 g/mol. The number of fused-ring (bicyclic) bond motifs is 1. The van der Waals surface area contributed by atoms with Gasteiger partial charge in [-0.05, 0) is 38.1 Å². The Hall–Kier alpha value is -4.78. The molecule has 0 bridgehead atoms. The molecule has 0 radical (unpaired) electrons. The van der Waals surface area contributed by atoms with E-state index in [0.717, 1.165) is 6.07 Å². The molecule has 1 aromatic heterocycles. The minimum atomic E-state index is -1.44. The maximum Gasteiger partial charge on any atom is 0.320 e. The molecule has 3 aromatic rings. The van der Waals surface area contributed by atoms with E-state index in [2.05, 4.69) is 15.3 Å². The number of carbonyl (C=O) groups excluding carboxylic acids is 3. The highest BCUT2D eigenvalue weighted by Gasteiger charge is 2.28. The minimum Gasteiger partial charge on any atom is -0.493 e. The van der Waals surface area contributed by atoms with E-state index in [1.807, 2.05) is 0 Å². The van der Waals surface area contributed by atoms with Crippen molar-refractivity contribution in [3.63, 3.8) is 0 Å². The van der Waals surface area contributed by atoms with Gasteiger partial charge in [0.2, 0.25) is 11.8 Å². The molecule has 2 aromatic carbocycles. The lowest BCUT2D eigenvalue weighted by Gasteiger charge is -2.16. The molecular formula is C27H30FN5O7. The van der Waals surface area contributed by atoms with E-state index in [9.17, 15) is 14.4 Å². The number of rotatable bonds is 12. The number of aromatic nitrogens is 1. The number of pyridine rings is 1. The lowest BCUT2D eigenvalue weighted by molar-refractivity contribution is -0.146. The monoisotopic (exact) mass is 555 g/mol. The average Bonchev–Trinajstić information content (AvgIpc) is 2.92. The summed E-state index contributed by atoms with van der Waals surface area (Å²) in [5.41, 5.74) is 11.3. The molecule has 0 aliphatic carbocycles. The van der Waals surface area contributed by atoms with Gasteiger partial charge in [-0.25, -0.2) is 4.39 Å². The number of nitrogens with one attached hydrogen (secondary N) is 1. The van der Waals surface area contributed by atoms with Gasteiger partial charge in [0.05, 0.1) is 32.8 Å². The number of aliphatic imine (C=N–C) groups is 1. The number of esters is 1. The highest BCUT2D eigenvalue weighted by molar-refractivity contribution is 6.22. The Morgan fingerprint density at radius 3 is 2.38 bits per heavy atom. The van der Waals surface area contributed by atoms with Gasteiger partial charge in [-0.1, -0.05) is 0 Å². The smallest absolute Gasteiger partial charge is 0.320 e. The van der Waals surface area contributed by atoms with Gasteiger partial charge in [-0.3, -0.25) is 24.4 Å². The van der Waals surface area contributed by atoms with Crippen molar-refractivity contribution in [3.8, 4) is 23.0 Å². The number of ether oxygens (including phenoxy) is 4. The number of carbonyl (C=O) groups is 3. The summed E-state index contributed by atoms with van der Waals surface area (Å²) < 4.78 is 36.5. The summed E-state index contributed by atoms with van der Waals surface area (Å²) in [6.45, 7) is 2.71. The summed E-state index contributed by atoms with van der Waals surface area (Å²) in [5, 5.41) is 3.02. The molecule has 40 heavy (non-hydrogen) atoms. The van der Waals surface area contributed by atoms with E-state index in [0.29, 0.717) is 28.2 Å². The van der Waals surface area contributed by atoms with E-state index in [1.165, 1.54) is 39.5 Å². The fourth-order valence-corrected chi connectivity index (χ4v) is 3.73. The molecule has 0 fully saturated rings. The van der Waals surface area contributed by atoms with Gasteiger partial charge >= 0.3 is 5.97 Å². The van der Waals surface area contributed by atoms with Gasteiger partial charge in [0.15, 0.2) is 29.0 Å². The normalized spacial score (nSPS) is 12.8. The molecule has 0 saturated carbocycles. The van der Waals surface area contributed by atoms with Crippen molar-refractivity contribution in [3.05, 3.63) is 48.4 Å². The van der Waals surface area contributed by atoms with Crippen LogP contribution in [0.5, 0.6) is 23.0 Å². The lowest BCUT2D eigenvalue weighted by atomic mass is 10.0. The number of amides is 2. The van der Waals surface area contributed by atoms with E-state index in [4.69, 9.17) is 30.4 Å². The second-order valence-electron chi connectivity index (χ2n) is 8.59. The third kappa shape index (κ3) is 7.20. The fourth-order valence-electron chi connectivity index (χ4n) is 3.73. The number of primary amides is 1. The topological polar surface area (TPSA) is 177 Å². The molecule has 0 saturated heterocycles. The third-order valence-corrected chi connectivity index (χ3v) is 5.69. The van der Waals surface area contributed by atoms with Crippen molar-refractivity contribution in [2.45, 2.75) is 20.0 Å². The second-order valence-corrected chi connectivity index (χ2v) is 8.59.